The molecule has 7 heteroatoms. The van der Waals surface area contributed by atoms with E-state index in [1.165, 1.54) is 0 Å². The van der Waals surface area contributed by atoms with Crippen LogP contribution in [0.4, 0.5) is 4.79 Å². The Balaban J connectivity index is 1.56. The Morgan fingerprint density at radius 3 is 2.38 bits per heavy atom. The average molecular weight is 459 g/mol. The van der Waals surface area contributed by atoms with Gasteiger partial charge in [-0.2, -0.15) is 0 Å². The van der Waals surface area contributed by atoms with E-state index in [9.17, 15) is 9.59 Å². The van der Waals surface area contributed by atoms with E-state index in [1.54, 1.807) is 0 Å². The third-order valence-corrected chi connectivity index (χ3v) is 5.05. The second kappa shape index (κ2) is 10.8. The second-order valence-corrected chi connectivity index (χ2v) is 7.77. The fourth-order valence-electron chi connectivity index (χ4n) is 3.03. The number of carbonyl (C=O) groups excluding carboxylic acids is 2. The SMILES string of the molecule is O=C(NC(Cc1ccccc1)C(=O)CCC1CC(Br)=NO1)OCc1ccccc1. The Labute approximate surface area is 178 Å². The van der Waals surface area contributed by atoms with E-state index in [2.05, 4.69) is 26.4 Å². The Hall–Kier alpha value is -2.67. The Morgan fingerprint density at radius 1 is 1.10 bits per heavy atom. The van der Waals surface area contributed by atoms with Crippen LogP contribution in [0.5, 0.6) is 0 Å². The molecule has 1 aliphatic rings. The van der Waals surface area contributed by atoms with E-state index < -0.39 is 12.1 Å². The highest BCUT2D eigenvalue weighted by Crippen LogP contribution is 2.19. The molecule has 1 heterocycles. The van der Waals surface area contributed by atoms with Crippen LogP contribution >= 0.6 is 15.9 Å². The van der Waals surface area contributed by atoms with Gasteiger partial charge in [0, 0.05) is 12.8 Å². The van der Waals surface area contributed by atoms with Crippen LogP contribution in [0, 0.1) is 0 Å². The Bertz CT molecular complexity index is 842. The largest absolute Gasteiger partial charge is 0.445 e. The number of oxime groups is 1. The van der Waals surface area contributed by atoms with Crippen molar-refractivity contribution in [3.63, 3.8) is 0 Å². The number of carbonyl (C=O) groups is 2. The lowest BCUT2D eigenvalue weighted by molar-refractivity contribution is -0.121. The molecule has 1 N–H and O–H groups in total. The van der Waals surface area contributed by atoms with E-state index >= 15 is 0 Å². The van der Waals surface area contributed by atoms with E-state index in [1.807, 2.05) is 60.7 Å². The molecule has 1 aliphatic heterocycles. The average Bonchev–Trinajstić information content (AvgIpc) is 3.17. The van der Waals surface area contributed by atoms with Gasteiger partial charge in [0.25, 0.3) is 0 Å². The summed E-state index contributed by atoms with van der Waals surface area (Å²) in [6.45, 7) is 0.153. The van der Waals surface area contributed by atoms with Gasteiger partial charge in [-0.1, -0.05) is 65.8 Å². The summed E-state index contributed by atoms with van der Waals surface area (Å²) in [6, 6.07) is 18.3. The van der Waals surface area contributed by atoms with Crippen molar-refractivity contribution in [1.82, 2.24) is 5.32 Å². The van der Waals surface area contributed by atoms with Crippen LogP contribution in [0.15, 0.2) is 65.8 Å². The van der Waals surface area contributed by atoms with Crippen molar-refractivity contribution in [3.05, 3.63) is 71.8 Å². The molecule has 0 fully saturated rings. The molecule has 0 bridgehead atoms. The minimum atomic E-state index is -0.661. The van der Waals surface area contributed by atoms with Crippen LogP contribution in [-0.4, -0.2) is 28.6 Å². The van der Waals surface area contributed by atoms with Gasteiger partial charge >= 0.3 is 6.09 Å². The summed E-state index contributed by atoms with van der Waals surface area (Å²) >= 11 is 3.29. The van der Waals surface area contributed by atoms with Gasteiger partial charge in [-0.3, -0.25) is 4.79 Å². The number of alkyl carbamates (subject to hydrolysis) is 1. The zero-order chi connectivity index (χ0) is 20.5. The van der Waals surface area contributed by atoms with Crippen LogP contribution in [0.25, 0.3) is 0 Å². The van der Waals surface area contributed by atoms with Crippen molar-refractivity contribution in [2.75, 3.05) is 0 Å². The summed E-state index contributed by atoms with van der Waals surface area (Å²) in [6.07, 6.45) is 1.18. The molecule has 0 aliphatic carbocycles. The fraction of sp³-hybridized carbons (Fsp3) is 0.318. The lowest BCUT2D eigenvalue weighted by atomic mass is 9.98. The first-order valence-corrected chi connectivity index (χ1v) is 10.3. The first-order valence-electron chi connectivity index (χ1n) is 9.52. The van der Waals surface area contributed by atoms with Crippen LogP contribution in [-0.2, 0) is 27.4 Å². The summed E-state index contributed by atoms with van der Waals surface area (Å²) in [5.41, 5.74) is 1.86. The summed E-state index contributed by atoms with van der Waals surface area (Å²) in [5, 5.41) is 6.57. The van der Waals surface area contributed by atoms with Gasteiger partial charge in [-0.05, 0) is 39.9 Å². The standard InChI is InChI=1S/C22H23BrN2O4/c23-21-14-18(29-25-21)11-12-20(26)19(13-16-7-3-1-4-8-16)24-22(27)28-15-17-9-5-2-6-10-17/h1-10,18-19H,11-15H2,(H,24,27). The van der Waals surface area contributed by atoms with Gasteiger partial charge in [0.05, 0.1) is 6.04 Å². The number of hydrogen-bond donors (Lipinski definition) is 1. The van der Waals surface area contributed by atoms with Gasteiger partial charge in [0.1, 0.15) is 17.3 Å². The smallest absolute Gasteiger partial charge is 0.408 e. The maximum absolute atomic E-state index is 12.8. The number of ketones is 1. The molecule has 0 spiro atoms. The molecule has 0 radical (unpaired) electrons. The number of hydrogen-bond acceptors (Lipinski definition) is 5. The molecular weight excluding hydrogens is 436 g/mol. The highest BCUT2D eigenvalue weighted by atomic mass is 79.9. The Morgan fingerprint density at radius 2 is 1.76 bits per heavy atom. The van der Waals surface area contributed by atoms with Crippen molar-refractivity contribution in [2.45, 2.75) is 44.4 Å². The third kappa shape index (κ3) is 7.02. The summed E-state index contributed by atoms with van der Waals surface area (Å²) in [5.74, 6) is -0.0582. The molecule has 29 heavy (non-hydrogen) atoms. The van der Waals surface area contributed by atoms with Crippen molar-refractivity contribution in [2.24, 2.45) is 5.16 Å². The predicted molar refractivity (Wildman–Crippen MR) is 114 cm³/mol. The molecule has 152 valence electrons. The fourth-order valence-corrected chi connectivity index (χ4v) is 3.47. The van der Waals surface area contributed by atoms with Crippen molar-refractivity contribution in [3.8, 4) is 0 Å². The second-order valence-electron chi connectivity index (χ2n) is 6.85. The van der Waals surface area contributed by atoms with E-state index in [0.717, 1.165) is 15.7 Å². The normalized spacial score (nSPS) is 16.4. The monoisotopic (exact) mass is 458 g/mol. The van der Waals surface area contributed by atoms with E-state index in [0.29, 0.717) is 19.3 Å². The number of nitrogens with one attached hydrogen (secondary N) is 1. The lowest BCUT2D eigenvalue weighted by Crippen LogP contribution is -2.42. The minimum Gasteiger partial charge on any atom is -0.445 e. The highest BCUT2D eigenvalue weighted by molar-refractivity contribution is 9.18. The maximum Gasteiger partial charge on any atom is 0.408 e. The van der Waals surface area contributed by atoms with Gasteiger partial charge < -0.3 is 14.9 Å². The molecule has 0 saturated carbocycles. The summed E-state index contributed by atoms with van der Waals surface area (Å²) < 4.78 is 6.04. The number of Topliss-reactive ketones (excluding diaryl/α,β-unsaturated/α-hetero) is 1. The quantitative estimate of drug-likeness (QED) is 0.604. The molecule has 2 atom stereocenters. The maximum atomic E-state index is 12.8. The molecular formula is C22H23BrN2O4. The molecule has 1 amide bonds. The molecule has 2 unspecified atom stereocenters. The zero-order valence-corrected chi connectivity index (χ0v) is 17.5. The summed E-state index contributed by atoms with van der Waals surface area (Å²) in [7, 11) is 0. The van der Waals surface area contributed by atoms with Crippen LogP contribution in [0.2, 0.25) is 0 Å². The topological polar surface area (TPSA) is 77.0 Å². The predicted octanol–water partition coefficient (Wildman–Crippen LogP) is 4.37. The number of ether oxygens (including phenoxy) is 1. The molecule has 3 rings (SSSR count). The van der Waals surface area contributed by atoms with Crippen LogP contribution in [0.3, 0.4) is 0 Å². The summed E-state index contributed by atoms with van der Waals surface area (Å²) in [4.78, 5) is 30.4. The van der Waals surface area contributed by atoms with E-state index in [-0.39, 0.29) is 24.9 Å². The first kappa shape index (κ1) is 21.0. The third-order valence-electron chi connectivity index (χ3n) is 4.59. The van der Waals surface area contributed by atoms with Crippen molar-refractivity contribution < 1.29 is 19.2 Å². The lowest BCUT2D eigenvalue weighted by Gasteiger charge is -2.18. The molecule has 0 aromatic heterocycles. The minimum absolute atomic E-state index is 0.0582. The van der Waals surface area contributed by atoms with Crippen molar-refractivity contribution in [1.29, 1.82) is 0 Å². The number of rotatable bonds is 9. The first-order chi connectivity index (χ1) is 14.1. The van der Waals surface area contributed by atoms with Gasteiger partial charge in [-0.15, -0.1) is 0 Å². The van der Waals surface area contributed by atoms with Gasteiger partial charge in [0.2, 0.25) is 0 Å². The van der Waals surface area contributed by atoms with Gasteiger partial charge in [0.15, 0.2) is 5.78 Å². The highest BCUT2D eigenvalue weighted by Gasteiger charge is 2.25. The molecule has 6 nitrogen and oxygen atoms in total. The Kier molecular flexibility index (Phi) is 7.81. The zero-order valence-electron chi connectivity index (χ0n) is 15.9. The molecule has 0 saturated heterocycles. The van der Waals surface area contributed by atoms with E-state index in [4.69, 9.17) is 9.57 Å². The molecule has 2 aromatic carbocycles. The number of benzene rings is 2. The number of amides is 1. The van der Waals surface area contributed by atoms with Crippen LogP contribution < -0.4 is 5.32 Å². The molecule has 2 aromatic rings. The van der Waals surface area contributed by atoms with Gasteiger partial charge in [-0.25, -0.2) is 4.79 Å². The number of nitrogens with zero attached hydrogens (tertiary/aromatic N) is 1. The van der Waals surface area contributed by atoms with Crippen molar-refractivity contribution >= 4 is 32.4 Å². The van der Waals surface area contributed by atoms with Crippen LogP contribution in [0.1, 0.15) is 30.4 Å². The number of halogens is 1.